The van der Waals surface area contributed by atoms with Crippen LogP contribution in [0.25, 0.3) is 0 Å². The first-order chi connectivity index (χ1) is 9.86. The Labute approximate surface area is 127 Å². The summed E-state index contributed by atoms with van der Waals surface area (Å²) in [6, 6.07) is 8.04. The number of ether oxygens (including phenoxy) is 1. The van der Waals surface area contributed by atoms with Crippen LogP contribution in [-0.2, 0) is 16.6 Å². The van der Waals surface area contributed by atoms with E-state index in [1.165, 1.54) is 6.26 Å². The Kier molecular flexibility index (Phi) is 5.24. The van der Waals surface area contributed by atoms with E-state index in [1.54, 1.807) is 4.31 Å². The molecule has 1 aromatic carbocycles. The first kappa shape index (κ1) is 16.3. The Bertz CT molecular complexity index is 564. The molecule has 1 heterocycles. The lowest BCUT2D eigenvalue weighted by molar-refractivity contribution is 0.176. The van der Waals surface area contributed by atoms with E-state index in [9.17, 15) is 8.42 Å². The van der Waals surface area contributed by atoms with Crippen molar-refractivity contribution >= 4 is 10.0 Å². The molecule has 1 aromatic rings. The van der Waals surface area contributed by atoms with E-state index in [-0.39, 0.29) is 6.10 Å². The van der Waals surface area contributed by atoms with Crippen LogP contribution in [0.1, 0.15) is 19.4 Å². The van der Waals surface area contributed by atoms with Crippen molar-refractivity contribution in [3.05, 3.63) is 29.8 Å². The smallest absolute Gasteiger partial charge is 0.211 e. The van der Waals surface area contributed by atoms with Crippen LogP contribution < -0.4 is 4.74 Å². The summed E-state index contributed by atoms with van der Waals surface area (Å²) in [6.45, 7) is 7.45. The molecule has 1 saturated heterocycles. The molecule has 1 fully saturated rings. The Morgan fingerprint density at radius 1 is 1.14 bits per heavy atom. The molecular weight excluding hydrogens is 288 g/mol. The van der Waals surface area contributed by atoms with Crippen molar-refractivity contribution in [2.75, 3.05) is 32.4 Å². The second kappa shape index (κ2) is 6.77. The van der Waals surface area contributed by atoms with Crippen LogP contribution in [0.15, 0.2) is 24.3 Å². The molecule has 2 rings (SSSR count). The van der Waals surface area contributed by atoms with Crippen molar-refractivity contribution in [3.8, 4) is 5.75 Å². The van der Waals surface area contributed by atoms with Crippen LogP contribution in [0.2, 0.25) is 0 Å². The topological polar surface area (TPSA) is 49.9 Å². The average molecular weight is 312 g/mol. The second-order valence-electron chi connectivity index (χ2n) is 5.71. The summed E-state index contributed by atoms with van der Waals surface area (Å²) in [4.78, 5) is 2.27. The summed E-state index contributed by atoms with van der Waals surface area (Å²) >= 11 is 0. The Morgan fingerprint density at radius 3 is 2.33 bits per heavy atom. The fourth-order valence-electron chi connectivity index (χ4n) is 2.46. The highest BCUT2D eigenvalue weighted by Crippen LogP contribution is 2.22. The summed E-state index contributed by atoms with van der Waals surface area (Å²) in [5.41, 5.74) is 1.15. The monoisotopic (exact) mass is 312 g/mol. The quantitative estimate of drug-likeness (QED) is 0.828. The van der Waals surface area contributed by atoms with Crippen molar-refractivity contribution < 1.29 is 13.2 Å². The van der Waals surface area contributed by atoms with Gasteiger partial charge in [0.15, 0.2) is 0 Å². The zero-order chi connectivity index (χ0) is 15.5. The first-order valence-corrected chi connectivity index (χ1v) is 9.13. The SMILES string of the molecule is CC(C)Oc1ccccc1CN1CCN(S(C)(=O)=O)CC1. The van der Waals surface area contributed by atoms with Gasteiger partial charge in [0.1, 0.15) is 5.75 Å². The molecule has 0 amide bonds. The summed E-state index contributed by atoms with van der Waals surface area (Å²) in [6.07, 6.45) is 1.42. The van der Waals surface area contributed by atoms with Gasteiger partial charge < -0.3 is 4.74 Å². The Hall–Kier alpha value is -1.11. The number of hydrogen-bond acceptors (Lipinski definition) is 4. The predicted molar refractivity (Wildman–Crippen MR) is 83.9 cm³/mol. The van der Waals surface area contributed by atoms with Crippen molar-refractivity contribution in [1.29, 1.82) is 0 Å². The fraction of sp³-hybridized carbons (Fsp3) is 0.600. The minimum absolute atomic E-state index is 0.147. The molecule has 1 aliphatic rings. The molecule has 118 valence electrons. The summed E-state index contributed by atoms with van der Waals surface area (Å²) in [5, 5.41) is 0. The molecule has 0 N–H and O–H groups in total. The minimum atomic E-state index is -3.06. The number of piperazine rings is 1. The van der Waals surface area contributed by atoms with Gasteiger partial charge >= 0.3 is 0 Å². The fourth-order valence-corrected chi connectivity index (χ4v) is 3.29. The van der Waals surface area contributed by atoms with Gasteiger partial charge in [-0.3, -0.25) is 4.90 Å². The molecule has 0 aliphatic carbocycles. The first-order valence-electron chi connectivity index (χ1n) is 7.28. The molecule has 5 nitrogen and oxygen atoms in total. The zero-order valence-electron chi connectivity index (χ0n) is 12.9. The maximum absolute atomic E-state index is 11.5. The highest BCUT2D eigenvalue weighted by molar-refractivity contribution is 7.88. The third-order valence-electron chi connectivity index (χ3n) is 3.53. The summed E-state index contributed by atoms with van der Waals surface area (Å²) in [5.74, 6) is 0.915. The lowest BCUT2D eigenvalue weighted by Gasteiger charge is -2.33. The molecule has 0 atom stereocenters. The van der Waals surface area contributed by atoms with E-state index in [4.69, 9.17) is 4.74 Å². The van der Waals surface area contributed by atoms with E-state index in [0.29, 0.717) is 13.1 Å². The van der Waals surface area contributed by atoms with Gasteiger partial charge in [0.05, 0.1) is 12.4 Å². The number of hydrogen-bond donors (Lipinski definition) is 0. The molecule has 0 bridgehead atoms. The van der Waals surface area contributed by atoms with Gasteiger partial charge in [-0.1, -0.05) is 18.2 Å². The average Bonchev–Trinajstić information content (AvgIpc) is 2.40. The Morgan fingerprint density at radius 2 is 1.76 bits per heavy atom. The van der Waals surface area contributed by atoms with Crippen LogP contribution in [0.3, 0.4) is 0 Å². The predicted octanol–water partition coefficient (Wildman–Crippen LogP) is 1.55. The van der Waals surface area contributed by atoms with Gasteiger partial charge in [0.2, 0.25) is 10.0 Å². The van der Waals surface area contributed by atoms with Crippen molar-refractivity contribution in [3.63, 3.8) is 0 Å². The lowest BCUT2D eigenvalue weighted by atomic mass is 10.1. The zero-order valence-corrected chi connectivity index (χ0v) is 13.8. The van der Waals surface area contributed by atoms with Gasteiger partial charge in [-0.15, -0.1) is 0 Å². The molecule has 0 saturated carbocycles. The minimum Gasteiger partial charge on any atom is -0.491 e. The van der Waals surface area contributed by atoms with Gasteiger partial charge in [0, 0.05) is 38.3 Å². The van der Waals surface area contributed by atoms with Crippen LogP contribution in [-0.4, -0.2) is 56.2 Å². The Balaban J connectivity index is 1.98. The van der Waals surface area contributed by atoms with Gasteiger partial charge in [-0.2, -0.15) is 4.31 Å². The third kappa shape index (κ3) is 4.69. The van der Waals surface area contributed by atoms with Crippen LogP contribution in [0.4, 0.5) is 0 Å². The highest BCUT2D eigenvalue weighted by Gasteiger charge is 2.23. The van der Waals surface area contributed by atoms with Gasteiger partial charge in [-0.05, 0) is 19.9 Å². The molecule has 0 radical (unpaired) electrons. The van der Waals surface area contributed by atoms with Crippen LogP contribution in [0.5, 0.6) is 5.75 Å². The maximum Gasteiger partial charge on any atom is 0.211 e. The summed E-state index contributed by atoms with van der Waals surface area (Å²) in [7, 11) is -3.06. The summed E-state index contributed by atoms with van der Waals surface area (Å²) < 4.78 is 30.4. The van der Waals surface area contributed by atoms with Crippen molar-refractivity contribution in [2.24, 2.45) is 0 Å². The standard InChI is InChI=1S/C15H24N2O3S/c1-13(2)20-15-7-5-4-6-14(15)12-16-8-10-17(11-9-16)21(3,18)19/h4-7,13H,8-12H2,1-3H3. The second-order valence-corrected chi connectivity index (χ2v) is 7.69. The number of nitrogens with zero attached hydrogens (tertiary/aromatic N) is 2. The molecular formula is C15H24N2O3S. The molecule has 0 aromatic heterocycles. The highest BCUT2D eigenvalue weighted by atomic mass is 32.2. The third-order valence-corrected chi connectivity index (χ3v) is 4.83. The van der Waals surface area contributed by atoms with Gasteiger partial charge in [-0.25, -0.2) is 8.42 Å². The maximum atomic E-state index is 11.5. The number of para-hydroxylation sites is 1. The van der Waals surface area contributed by atoms with Crippen molar-refractivity contribution in [2.45, 2.75) is 26.5 Å². The molecule has 21 heavy (non-hydrogen) atoms. The van der Waals surface area contributed by atoms with E-state index in [0.717, 1.165) is 30.9 Å². The molecule has 6 heteroatoms. The van der Waals surface area contributed by atoms with Crippen molar-refractivity contribution in [1.82, 2.24) is 9.21 Å². The number of benzene rings is 1. The van der Waals surface area contributed by atoms with E-state index < -0.39 is 10.0 Å². The van der Waals surface area contributed by atoms with E-state index >= 15 is 0 Å². The van der Waals surface area contributed by atoms with E-state index in [2.05, 4.69) is 11.0 Å². The molecule has 1 aliphatic heterocycles. The molecule has 0 unspecified atom stereocenters. The van der Waals surface area contributed by atoms with E-state index in [1.807, 2.05) is 32.0 Å². The largest absolute Gasteiger partial charge is 0.491 e. The van der Waals surface area contributed by atoms with Crippen LogP contribution >= 0.6 is 0 Å². The lowest BCUT2D eigenvalue weighted by Crippen LogP contribution is -2.47. The van der Waals surface area contributed by atoms with Gasteiger partial charge in [0.25, 0.3) is 0 Å². The number of rotatable bonds is 5. The number of sulfonamides is 1. The van der Waals surface area contributed by atoms with Crippen LogP contribution in [0, 0.1) is 0 Å². The molecule has 0 spiro atoms. The normalized spacial score (nSPS) is 18.1.